The number of aromatic nitrogens is 3. The van der Waals surface area contributed by atoms with Crippen molar-refractivity contribution in [2.24, 2.45) is 0 Å². The number of rotatable bonds is 5. The molecular weight excluding hydrogens is 420 g/mol. The maximum Gasteiger partial charge on any atom is 0.261 e. The van der Waals surface area contributed by atoms with Crippen molar-refractivity contribution in [2.45, 2.75) is 31.8 Å². The van der Waals surface area contributed by atoms with Gasteiger partial charge in [0, 0.05) is 50.0 Å². The largest absolute Gasteiger partial charge is 0.487 e. The Morgan fingerprint density at radius 1 is 1.31 bits per heavy atom. The third kappa shape index (κ3) is 3.86. The summed E-state index contributed by atoms with van der Waals surface area (Å²) in [4.78, 5) is 19.5. The molecule has 8 nitrogen and oxygen atoms in total. The lowest BCUT2D eigenvalue weighted by Crippen LogP contribution is -2.36. The van der Waals surface area contributed by atoms with Crippen LogP contribution >= 0.6 is 0 Å². The van der Waals surface area contributed by atoms with Crippen LogP contribution < -0.4 is 15.0 Å². The second-order valence-electron chi connectivity index (χ2n) is 8.30. The molecule has 2 aliphatic rings. The molecule has 1 fully saturated rings. The number of fused-ring (bicyclic) bond motifs is 2. The van der Waals surface area contributed by atoms with Gasteiger partial charge in [-0.2, -0.15) is 5.10 Å². The number of halogens is 2. The third-order valence-corrected chi connectivity index (χ3v) is 5.81. The number of nitrogens with one attached hydrogen (secondary N) is 1. The second kappa shape index (κ2) is 8.01. The first-order valence-electron chi connectivity index (χ1n) is 10.5. The molecule has 1 aromatic carbocycles. The highest BCUT2D eigenvalue weighted by Gasteiger charge is 2.38. The summed E-state index contributed by atoms with van der Waals surface area (Å²) in [5.74, 6) is 0.229. The molecule has 5 rings (SSSR count). The van der Waals surface area contributed by atoms with E-state index in [-0.39, 0.29) is 12.3 Å². The van der Waals surface area contributed by atoms with Gasteiger partial charge in [-0.25, -0.2) is 18.3 Å². The first-order chi connectivity index (χ1) is 15.4. The lowest BCUT2D eigenvalue weighted by molar-refractivity contribution is 0.0251. The van der Waals surface area contributed by atoms with Crippen molar-refractivity contribution >= 4 is 22.9 Å². The number of benzene rings is 1. The van der Waals surface area contributed by atoms with Crippen LogP contribution in [0.2, 0.25) is 0 Å². The number of carbonyl (C=O) groups excluding carboxylic acids is 1. The smallest absolute Gasteiger partial charge is 0.261 e. The third-order valence-electron chi connectivity index (χ3n) is 5.81. The fraction of sp³-hybridized carbons (Fsp3) is 0.409. The van der Waals surface area contributed by atoms with E-state index in [9.17, 15) is 13.6 Å². The fourth-order valence-electron chi connectivity index (χ4n) is 4.33. The molecule has 0 radical (unpaired) electrons. The van der Waals surface area contributed by atoms with Gasteiger partial charge in [0.1, 0.15) is 16.9 Å². The number of amides is 1. The molecule has 0 unspecified atom stereocenters. The number of morpholine rings is 1. The van der Waals surface area contributed by atoms with E-state index in [0.717, 1.165) is 11.3 Å². The van der Waals surface area contributed by atoms with Crippen LogP contribution in [-0.4, -0.2) is 58.8 Å². The van der Waals surface area contributed by atoms with Crippen molar-refractivity contribution in [3.8, 4) is 5.75 Å². The fourth-order valence-corrected chi connectivity index (χ4v) is 4.33. The number of alkyl halides is 2. The molecule has 1 atom stereocenters. The second-order valence-corrected chi connectivity index (χ2v) is 8.30. The van der Waals surface area contributed by atoms with E-state index in [4.69, 9.17) is 9.47 Å². The molecule has 1 amide bonds. The summed E-state index contributed by atoms with van der Waals surface area (Å²) >= 11 is 0. The van der Waals surface area contributed by atoms with Crippen molar-refractivity contribution < 1.29 is 23.0 Å². The molecule has 4 heterocycles. The van der Waals surface area contributed by atoms with Gasteiger partial charge in [0.05, 0.1) is 30.8 Å². The van der Waals surface area contributed by atoms with Crippen LogP contribution in [0, 0.1) is 0 Å². The minimum absolute atomic E-state index is 0.344. The summed E-state index contributed by atoms with van der Waals surface area (Å²) in [6.45, 7) is 4.11. The molecule has 0 bridgehead atoms. The van der Waals surface area contributed by atoms with E-state index in [1.807, 2.05) is 12.1 Å². The van der Waals surface area contributed by atoms with Crippen molar-refractivity contribution in [1.82, 2.24) is 14.6 Å². The van der Waals surface area contributed by atoms with Gasteiger partial charge in [0.2, 0.25) is 6.43 Å². The summed E-state index contributed by atoms with van der Waals surface area (Å²) in [6, 6.07) is 5.39. The first kappa shape index (κ1) is 20.6. The van der Waals surface area contributed by atoms with Crippen molar-refractivity contribution in [3.05, 3.63) is 47.9 Å². The Balaban J connectivity index is 1.49. The van der Waals surface area contributed by atoms with Gasteiger partial charge in [0.25, 0.3) is 5.91 Å². The van der Waals surface area contributed by atoms with Crippen LogP contribution in [0.15, 0.2) is 36.8 Å². The molecule has 0 aliphatic carbocycles. The average molecular weight is 443 g/mol. The van der Waals surface area contributed by atoms with E-state index in [0.29, 0.717) is 55.4 Å². The lowest BCUT2D eigenvalue weighted by atomic mass is 9.95. The molecule has 0 saturated carbocycles. The molecule has 32 heavy (non-hydrogen) atoms. The van der Waals surface area contributed by atoms with Crippen LogP contribution in [0.3, 0.4) is 0 Å². The Morgan fingerprint density at radius 3 is 2.91 bits per heavy atom. The molecular formula is C22H23F2N5O3. The zero-order chi connectivity index (χ0) is 22.3. The van der Waals surface area contributed by atoms with Gasteiger partial charge in [-0.3, -0.25) is 4.79 Å². The highest BCUT2D eigenvalue weighted by atomic mass is 19.3. The van der Waals surface area contributed by atoms with Gasteiger partial charge in [0.15, 0.2) is 5.65 Å². The first-order valence-corrected chi connectivity index (χ1v) is 10.5. The summed E-state index contributed by atoms with van der Waals surface area (Å²) in [6.07, 6.45) is 2.32. The molecule has 1 saturated heterocycles. The monoisotopic (exact) mass is 443 g/mol. The van der Waals surface area contributed by atoms with E-state index in [2.05, 4.69) is 20.3 Å². The lowest BCUT2D eigenvalue weighted by Gasteiger charge is -2.31. The zero-order valence-electron chi connectivity index (χ0n) is 17.6. The standard InChI is InChI=1S/C22H23F2N5O3/c1-22(12-19(23)24)11-14-9-16(17(10-18(14)32-22)28-5-7-31-8-6-28)27-21(30)15-13-26-29-4-2-3-25-20(15)29/h2-4,9-10,13,19H,5-8,11-12H2,1H3,(H,27,30)/t22-/m1/s1. The summed E-state index contributed by atoms with van der Waals surface area (Å²) in [5.41, 5.74) is 1.97. The highest BCUT2D eigenvalue weighted by Crippen LogP contribution is 2.43. The van der Waals surface area contributed by atoms with Crippen LogP contribution in [0.5, 0.6) is 5.75 Å². The Bertz CT molecular complexity index is 1160. The van der Waals surface area contributed by atoms with Crippen molar-refractivity contribution in [3.63, 3.8) is 0 Å². The number of carbonyl (C=O) groups is 1. The normalized spacial score (nSPS) is 20.4. The molecule has 0 spiro atoms. The topological polar surface area (TPSA) is 81.0 Å². The van der Waals surface area contributed by atoms with Crippen LogP contribution in [0.1, 0.15) is 29.3 Å². The van der Waals surface area contributed by atoms with E-state index in [1.54, 1.807) is 25.4 Å². The average Bonchev–Trinajstić information content (AvgIpc) is 3.33. The SMILES string of the molecule is C[C@]1(CC(F)F)Cc2cc(NC(=O)c3cnn4cccnc34)c(N3CCOCC3)cc2O1. The van der Waals surface area contributed by atoms with E-state index in [1.165, 1.54) is 10.7 Å². The summed E-state index contributed by atoms with van der Waals surface area (Å²) in [5, 5.41) is 7.16. The molecule has 2 aromatic heterocycles. The number of nitrogens with zero attached hydrogens (tertiary/aromatic N) is 4. The summed E-state index contributed by atoms with van der Waals surface area (Å²) < 4.78 is 39.1. The quantitative estimate of drug-likeness (QED) is 0.653. The van der Waals surface area contributed by atoms with E-state index < -0.39 is 12.0 Å². The van der Waals surface area contributed by atoms with E-state index >= 15 is 0 Å². The predicted octanol–water partition coefficient (Wildman–Crippen LogP) is 3.17. The van der Waals surface area contributed by atoms with Crippen LogP contribution in [0.4, 0.5) is 20.2 Å². The molecule has 168 valence electrons. The zero-order valence-corrected chi connectivity index (χ0v) is 17.6. The van der Waals surface area contributed by atoms with Gasteiger partial charge in [-0.15, -0.1) is 0 Å². The summed E-state index contributed by atoms with van der Waals surface area (Å²) in [7, 11) is 0. The van der Waals surface area contributed by atoms with Crippen LogP contribution in [-0.2, 0) is 11.2 Å². The van der Waals surface area contributed by atoms with Gasteiger partial charge in [-0.05, 0) is 19.1 Å². The van der Waals surface area contributed by atoms with Crippen molar-refractivity contribution in [1.29, 1.82) is 0 Å². The number of hydrogen-bond acceptors (Lipinski definition) is 6. The minimum atomic E-state index is -2.46. The van der Waals surface area contributed by atoms with Crippen LogP contribution in [0.25, 0.3) is 5.65 Å². The Hall–Kier alpha value is -3.27. The maximum absolute atomic E-state index is 13.1. The Kier molecular flexibility index (Phi) is 5.16. The molecule has 2 aliphatic heterocycles. The molecule has 3 aromatic rings. The number of ether oxygens (including phenoxy) is 2. The molecule has 10 heteroatoms. The maximum atomic E-state index is 13.1. The van der Waals surface area contributed by atoms with Crippen molar-refractivity contribution in [2.75, 3.05) is 36.5 Å². The van der Waals surface area contributed by atoms with Gasteiger partial charge < -0.3 is 19.7 Å². The highest BCUT2D eigenvalue weighted by molar-refractivity contribution is 6.09. The number of anilines is 2. The predicted molar refractivity (Wildman–Crippen MR) is 114 cm³/mol. The number of hydrogen-bond donors (Lipinski definition) is 1. The Labute approximate surface area is 183 Å². The minimum Gasteiger partial charge on any atom is -0.487 e. The van der Waals surface area contributed by atoms with Gasteiger partial charge >= 0.3 is 0 Å². The molecule has 1 N–H and O–H groups in total. The van der Waals surface area contributed by atoms with Gasteiger partial charge in [-0.1, -0.05) is 0 Å². The Morgan fingerprint density at radius 2 is 2.12 bits per heavy atom.